The summed E-state index contributed by atoms with van der Waals surface area (Å²) in [7, 11) is 0. The van der Waals surface area contributed by atoms with Crippen molar-refractivity contribution in [2.45, 2.75) is 26.8 Å². The van der Waals surface area contributed by atoms with Gasteiger partial charge in [-0.3, -0.25) is 9.20 Å². The molecule has 0 saturated carbocycles. The number of pyridine rings is 2. The molecule has 2 N–H and O–H groups in total. The molecule has 0 fully saturated rings. The van der Waals surface area contributed by atoms with E-state index in [2.05, 4.69) is 0 Å². The number of esters is 1. The highest BCUT2D eigenvalue weighted by Gasteiger charge is 2.25. The predicted octanol–water partition coefficient (Wildman–Crippen LogP) is 2.45. The van der Waals surface area contributed by atoms with Crippen LogP contribution in [0, 0.1) is 6.92 Å². The van der Waals surface area contributed by atoms with Gasteiger partial charge in [0.15, 0.2) is 0 Å². The van der Waals surface area contributed by atoms with Gasteiger partial charge in [-0.2, -0.15) is 0 Å². The molecular formula is C23H23N4O3+. The normalized spacial score (nSPS) is 11.1. The van der Waals surface area contributed by atoms with Gasteiger partial charge < -0.3 is 10.5 Å². The second-order valence-corrected chi connectivity index (χ2v) is 7.09. The second-order valence-electron chi connectivity index (χ2n) is 7.09. The molecule has 1 aromatic carbocycles. The number of aromatic nitrogens is 3. The summed E-state index contributed by atoms with van der Waals surface area (Å²) in [4.78, 5) is 30.5. The van der Waals surface area contributed by atoms with Gasteiger partial charge in [-0.05, 0) is 31.5 Å². The zero-order valence-corrected chi connectivity index (χ0v) is 17.0. The van der Waals surface area contributed by atoms with Crippen LogP contribution in [-0.2, 0) is 17.7 Å². The number of carbonyl (C=O) groups excluding carboxylic acids is 1. The molecule has 4 aromatic rings. The molecule has 0 bridgehead atoms. The molecule has 7 heteroatoms. The first-order valence-electron chi connectivity index (χ1n) is 9.86. The van der Waals surface area contributed by atoms with Crippen molar-refractivity contribution >= 4 is 28.5 Å². The maximum absolute atomic E-state index is 13.2. The van der Waals surface area contributed by atoms with Crippen LogP contribution in [-0.4, -0.2) is 22.0 Å². The first kappa shape index (κ1) is 19.6. The van der Waals surface area contributed by atoms with Gasteiger partial charge >= 0.3 is 5.97 Å². The topological polar surface area (TPSA) is 90.6 Å². The number of nitrogen functional groups attached to an aromatic ring is 1. The maximum atomic E-state index is 13.2. The predicted molar refractivity (Wildman–Crippen MR) is 114 cm³/mol. The Balaban J connectivity index is 1.98. The largest absolute Gasteiger partial charge is 0.462 e. The SMILES string of the molecule is CCOC(=O)c1cc2c(=O)n3cccc(C)c3nc2[n+](CCc2ccccc2)c1N. The Morgan fingerprint density at radius 2 is 1.97 bits per heavy atom. The summed E-state index contributed by atoms with van der Waals surface area (Å²) in [5.74, 6) is -0.319. The van der Waals surface area contributed by atoms with E-state index in [1.165, 1.54) is 10.5 Å². The smallest absolute Gasteiger partial charge is 0.344 e. The third-order valence-electron chi connectivity index (χ3n) is 5.14. The Labute approximate surface area is 173 Å². The summed E-state index contributed by atoms with van der Waals surface area (Å²) in [6, 6.07) is 15.1. The van der Waals surface area contributed by atoms with E-state index in [9.17, 15) is 9.59 Å². The van der Waals surface area contributed by atoms with Crippen molar-refractivity contribution in [1.29, 1.82) is 0 Å². The molecule has 152 valence electrons. The molecule has 0 radical (unpaired) electrons. The van der Waals surface area contributed by atoms with E-state index >= 15 is 0 Å². The van der Waals surface area contributed by atoms with Crippen LogP contribution < -0.4 is 15.9 Å². The van der Waals surface area contributed by atoms with E-state index in [0.717, 1.165) is 11.1 Å². The van der Waals surface area contributed by atoms with Crippen LogP contribution in [0.1, 0.15) is 28.4 Å². The van der Waals surface area contributed by atoms with Gasteiger partial charge in [0.25, 0.3) is 11.2 Å². The Hall–Kier alpha value is -3.74. The fourth-order valence-electron chi connectivity index (χ4n) is 3.59. The highest BCUT2D eigenvalue weighted by molar-refractivity contribution is 5.96. The molecule has 4 rings (SSSR count). The Morgan fingerprint density at radius 3 is 2.70 bits per heavy atom. The average molecular weight is 403 g/mol. The zero-order chi connectivity index (χ0) is 21.3. The van der Waals surface area contributed by atoms with E-state index in [-0.39, 0.29) is 23.5 Å². The summed E-state index contributed by atoms with van der Waals surface area (Å²) in [5.41, 5.74) is 9.32. The van der Waals surface area contributed by atoms with Crippen molar-refractivity contribution in [2.75, 3.05) is 12.3 Å². The van der Waals surface area contributed by atoms with Gasteiger partial charge in [-0.15, -0.1) is 0 Å². The number of nitrogens with two attached hydrogens (primary N) is 1. The number of carbonyl (C=O) groups is 1. The lowest BCUT2D eigenvalue weighted by Crippen LogP contribution is -2.42. The molecule has 0 aliphatic carbocycles. The Morgan fingerprint density at radius 1 is 1.20 bits per heavy atom. The minimum absolute atomic E-state index is 0.170. The molecule has 0 aliphatic rings. The molecule has 3 heterocycles. The number of hydrogen-bond acceptors (Lipinski definition) is 5. The number of aryl methyl sites for hydroxylation is 3. The van der Waals surface area contributed by atoms with Gasteiger partial charge in [-0.25, -0.2) is 9.36 Å². The molecule has 0 unspecified atom stereocenters. The minimum atomic E-state index is -0.556. The van der Waals surface area contributed by atoms with Crippen LogP contribution in [0.5, 0.6) is 0 Å². The number of hydrogen-bond donors (Lipinski definition) is 1. The lowest BCUT2D eigenvalue weighted by molar-refractivity contribution is -0.658. The van der Waals surface area contributed by atoms with Gasteiger partial charge in [0.05, 0.1) is 13.2 Å². The summed E-state index contributed by atoms with van der Waals surface area (Å²) in [5, 5.41) is 0.323. The van der Waals surface area contributed by atoms with Crippen LogP contribution in [0.4, 0.5) is 5.82 Å². The number of anilines is 1. The molecule has 0 atom stereocenters. The summed E-state index contributed by atoms with van der Waals surface area (Å²) in [6.45, 7) is 4.31. The van der Waals surface area contributed by atoms with E-state index < -0.39 is 5.97 Å². The lowest BCUT2D eigenvalue weighted by atomic mass is 10.1. The molecule has 0 spiro atoms. The summed E-state index contributed by atoms with van der Waals surface area (Å²) in [6.07, 6.45) is 2.34. The maximum Gasteiger partial charge on any atom is 0.344 e. The number of benzene rings is 1. The Bertz CT molecular complexity index is 1310. The van der Waals surface area contributed by atoms with Crippen molar-refractivity contribution in [1.82, 2.24) is 9.38 Å². The fourth-order valence-corrected chi connectivity index (χ4v) is 3.59. The van der Waals surface area contributed by atoms with Crippen LogP contribution in [0.3, 0.4) is 0 Å². The highest BCUT2D eigenvalue weighted by atomic mass is 16.5. The molecule has 7 nitrogen and oxygen atoms in total. The van der Waals surface area contributed by atoms with Crippen LogP contribution in [0.15, 0.2) is 59.5 Å². The van der Waals surface area contributed by atoms with Gasteiger partial charge in [0, 0.05) is 18.2 Å². The van der Waals surface area contributed by atoms with Crippen molar-refractivity contribution in [3.05, 3.63) is 81.8 Å². The second kappa shape index (κ2) is 7.94. The third-order valence-corrected chi connectivity index (χ3v) is 5.14. The van der Waals surface area contributed by atoms with Crippen molar-refractivity contribution in [3.63, 3.8) is 0 Å². The lowest BCUT2D eigenvalue weighted by Gasteiger charge is -2.12. The van der Waals surface area contributed by atoms with Crippen molar-refractivity contribution in [3.8, 4) is 0 Å². The quantitative estimate of drug-likeness (QED) is 0.314. The fraction of sp³-hybridized carbons (Fsp3) is 0.217. The number of rotatable bonds is 5. The van der Waals surface area contributed by atoms with Crippen molar-refractivity contribution < 1.29 is 14.1 Å². The first-order valence-corrected chi connectivity index (χ1v) is 9.86. The molecule has 0 aliphatic heterocycles. The number of nitrogens with zero attached hydrogens (tertiary/aromatic N) is 3. The monoisotopic (exact) mass is 403 g/mol. The Kier molecular flexibility index (Phi) is 5.18. The third kappa shape index (κ3) is 3.39. The minimum Gasteiger partial charge on any atom is -0.462 e. The van der Waals surface area contributed by atoms with E-state index in [1.54, 1.807) is 23.8 Å². The summed E-state index contributed by atoms with van der Waals surface area (Å²) >= 11 is 0. The van der Waals surface area contributed by atoms with Crippen LogP contribution in [0.25, 0.3) is 16.7 Å². The molecule has 30 heavy (non-hydrogen) atoms. The van der Waals surface area contributed by atoms with Crippen molar-refractivity contribution in [2.24, 2.45) is 0 Å². The van der Waals surface area contributed by atoms with E-state index in [4.69, 9.17) is 15.5 Å². The molecule has 0 saturated heterocycles. The van der Waals surface area contributed by atoms with Crippen LogP contribution >= 0.6 is 0 Å². The number of fused-ring (bicyclic) bond motifs is 2. The average Bonchev–Trinajstić information content (AvgIpc) is 2.75. The number of ether oxygens (including phenoxy) is 1. The molecule has 3 aromatic heterocycles. The standard InChI is InChI=1S/C23H22N4O3/c1-3-30-23(29)17-14-18-21(25-20-15(2)8-7-12-27(20)22(18)28)26(19(17)24)13-11-16-9-5-4-6-10-16/h4-10,12,14,24H,3,11,13H2,1-2H3/p+1. The summed E-state index contributed by atoms with van der Waals surface area (Å²) < 4.78 is 8.39. The van der Waals surface area contributed by atoms with Crippen LogP contribution in [0.2, 0.25) is 0 Å². The first-order chi connectivity index (χ1) is 14.5. The highest BCUT2D eigenvalue weighted by Crippen LogP contribution is 2.17. The van der Waals surface area contributed by atoms with Gasteiger partial charge in [0.1, 0.15) is 10.9 Å². The zero-order valence-electron chi connectivity index (χ0n) is 17.0. The van der Waals surface area contributed by atoms with Gasteiger partial charge in [-0.1, -0.05) is 41.4 Å². The molecular weight excluding hydrogens is 380 g/mol. The molecule has 0 amide bonds. The van der Waals surface area contributed by atoms with Gasteiger partial charge in [0.2, 0.25) is 11.5 Å². The van der Waals surface area contributed by atoms with E-state index in [0.29, 0.717) is 29.6 Å². The van der Waals surface area contributed by atoms with E-state index in [1.807, 2.05) is 43.3 Å².